The summed E-state index contributed by atoms with van der Waals surface area (Å²) in [6, 6.07) is 1.73. The topological polar surface area (TPSA) is 79.6 Å². The second kappa shape index (κ2) is 3.69. The molecule has 1 aliphatic heterocycles. The molecule has 0 unspecified atom stereocenters. The number of hydrogen-bond donors (Lipinski definition) is 1. The van der Waals surface area contributed by atoms with Crippen molar-refractivity contribution in [3.05, 3.63) is 51.8 Å². The molecule has 1 aromatic rings. The molecule has 1 aromatic heterocycles. The molecule has 0 radical (unpaired) electrons. The SMILES string of the molecule is Cc1cc(NC(=O)C2=C3C=C4CC4=C3N=N2)nc(C)n1. The Hall–Kier alpha value is -2.63. The van der Waals surface area contributed by atoms with Crippen LogP contribution in [0, 0.1) is 13.8 Å². The second-order valence-corrected chi connectivity index (χ2v) is 5.03. The Morgan fingerprint density at radius 3 is 2.90 bits per heavy atom. The Balaban J connectivity index is 1.63. The van der Waals surface area contributed by atoms with Crippen LogP contribution in [-0.2, 0) is 4.79 Å². The van der Waals surface area contributed by atoms with Gasteiger partial charge < -0.3 is 5.32 Å². The lowest BCUT2D eigenvalue weighted by atomic mass is 10.1. The molecule has 2 aliphatic carbocycles. The fourth-order valence-corrected chi connectivity index (χ4v) is 2.50. The van der Waals surface area contributed by atoms with E-state index >= 15 is 0 Å². The van der Waals surface area contributed by atoms with Crippen molar-refractivity contribution in [1.82, 2.24) is 9.97 Å². The molecule has 3 aliphatic rings. The summed E-state index contributed by atoms with van der Waals surface area (Å²) in [4.78, 5) is 20.6. The monoisotopic (exact) mass is 265 g/mol. The quantitative estimate of drug-likeness (QED) is 0.891. The minimum Gasteiger partial charge on any atom is -0.305 e. The van der Waals surface area contributed by atoms with Crippen LogP contribution in [0.5, 0.6) is 0 Å². The van der Waals surface area contributed by atoms with Crippen LogP contribution in [0.15, 0.2) is 50.5 Å². The maximum absolute atomic E-state index is 12.3. The number of aryl methyl sites for hydroxylation is 2. The zero-order valence-electron chi connectivity index (χ0n) is 11.1. The molecule has 4 rings (SSSR count). The van der Waals surface area contributed by atoms with E-state index in [9.17, 15) is 4.79 Å². The Kier molecular flexibility index (Phi) is 2.07. The number of carbonyl (C=O) groups is 1. The highest BCUT2D eigenvalue weighted by molar-refractivity contribution is 6.05. The Morgan fingerprint density at radius 2 is 2.10 bits per heavy atom. The van der Waals surface area contributed by atoms with Gasteiger partial charge in [0.15, 0.2) is 5.70 Å². The van der Waals surface area contributed by atoms with Gasteiger partial charge in [-0.1, -0.05) is 0 Å². The van der Waals surface area contributed by atoms with Crippen molar-refractivity contribution in [2.45, 2.75) is 20.3 Å². The first kappa shape index (κ1) is 11.2. The van der Waals surface area contributed by atoms with Gasteiger partial charge in [-0.3, -0.25) is 4.79 Å². The van der Waals surface area contributed by atoms with Gasteiger partial charge in [0.25, 0.3) is 5.91 Å². The third-order valence-corrected chi connectivity index (χ3v) is 3.42. The van der Waals surface area contributed by atoms with Crippen molar-refractivity contribution in [3.63, 3.8) is 0 Å². The average Bonchev–Trinajstić information content (AvgIpc) is 2.85. The molecule has 6 heteroatoms. The number of fused-ring (bicyclic) bond motifs is 2. The smallest absolute Gasteiger partial charge is 0.278 e. The molecule has 0 atom stereocenters. The first-order valence-corrected chi connectivity index (χ1v) is 6.36. The normalized spacial score (nSPS) is 18.2. The Labute approximate surface area is 115 Å². The summed E-state index contributed by atoms with van der Waals surface area (Å²) >= 11 is 0. The molecule has 0 saturated heterocycles. The molecule has 20 heavy (non-hydrogen) atoms. The summed E-state index contributed by atoms with van der Waals surface area (Å²) in [5, 5.41) is 10.8. The summed E-state index contributed by atoms with van der Waals surface area (Å²) < 4.78 is 0. The lowest BCUT2D eigenvalue weighted by Gasteiger charge is -2.05. The summed E-state index contributed by atoms with van der Waals surface area (Å²) in [6.45, 7) is 3.65. The number of nitrogens with zero attached hydrogens (tertiary/aromatic N) is 4. The largest absolute Gasteiger partial charge is 0.305 e. The van der Waals surface area contributed by atoms with Gasteiger partial charge in [-0.2, -0.15) is 0 Å². The van der Waals surface area contributed by atoms with Crippen molar-refractivity contribution in [2.24, 2.45) is 10.2 Å². The van der Waals surface area contributed by atoms with E-state index in [4.69, 9.17) is 0 Å². The summed E-state index contributed by atoms with van der Waals surface area (Å²) in [5.74, 6) is 0.827. The highest BCUT2D eigenvalue weighted by Crippen LogP contribution is 2.51. The third-order valence-electron chi connectivity index (χ3n) is 3.42. The standard InChI is InChI=1S/C14H11N5O/c1-6-3-11(16-7(2)15-6)17-14(20)13-10-5-8-4-9(8)12(10)18-19-13/h3,5H,4H2,1-2H3,(H,15,16,17,20). The van der Waals surface area contributed by atoms with Crippen LogP contribution in [0.1, 0.15) is 17.9 Å². The van der Waals surface area contributed by atoms with E-state index in [1.807, 2.05) is 13.0 Å². The lowest BCUT2D eigenvalue weighted by Crippen LogP contribution is -2.15. The summed E-state index contributed by atoms with van der Waals surface area (Å²) in [7, 11) is 0. The number of anilines is 1. The van der Waals surface area contributed by atoms with Crippen molar-refractivity contribution in [2.75, 3.05) is 5.32 Å². The van der Waals surface area contributed by atoms with E-state index in [0.29, 0.717) is 17.3 Å². The van der Waals surface area contributed by atoms with Crippen LogP contribution in [-0.4, -0.2) is 15.9 Å². The molecule has 0 bridgehead atoms. The minimum atomic E-state index is -0.282. The summed E-state index contributed by atoms with van der Waals surface area (Å²) in [6.07, 6.45) is 2.98. The van der Waals surface area contributed by atoms with Crippen molar-refractivity contribution in [1.29, 1.82) is 0 Å². The Morgan fingerprint density at radius 1 is 1.25 bits per heavy atom. The molecule has 0 aromatic carbocycles. The summed E-state index contributed by atoms with van der Waals surface area (Å²) in [5.41, 5.74) is 5.36. The van der Waals surface area contributed by atoms with E-state index < -0.39 is 0 Å². The molecule has 1 amide bonds. The van der Waals surface area contributed by atoms with Gasteiger partial charge in [-0.15, -0.1) is 10.2 Å². The molecular formula is C14H11N5O. The molecule has 0 spiro atoms. The number of nitrogens with one attached hydrogen (secondary N) is 1. The van der Waals surface area contributed by atoms with Crippen molar-refractivity contribution < 1.29 is 4.79 Å². The number of rotatable bonds is 2. The van der Waals surface area contributed by atoms with Gasteiger partial charge in [0, 0.05) is 23.8 Å². The number of amides is 1. The van der Waals surface area contributed by atoms with Gasteiger partial charge in [0.1, 0.15) is 11.6 Å². The van der Waals surface area contributed by atoms with Gasteiger partial charge in [0.2, 0.25) is 0 Å². The average molecular weight is 265 g/mol. The first-order valence-electron chi connectivity index (χ1n) is 6.36. The zero-order chi connectivity index (χ0) is 13.9. The van der Waals surface area contributed by atoms with Crippen molar-refractivity contribution in [3.8, 4) is 0 Å². The number of azo groups is 1. The van der Waals surface area contributed by atoms with Crippen LogP contribution in [0.3, 0.4) is 0 Å². The van der Waals surface area contributed by atoms with Crippen LogP contribution in [0.2, 0.25) is 0 Å². The molecule has 2 heterocycles. The minimum absolute atomic E-state index is 0.282. The van der Waals surface area contributed by atoms with Crippen LogP contribution >= 0.6 is 0 Å². The lowest BCUT2D eigenvalue weighted by molar-refractivity contribution is -0.112. The van der Waals surface area contributed by atoms with Crippen LogP contribution < -0.4 is 5.32 Å². The molecule has 1 N–H and O–H groups in total. The predicted octanol–water partition coefficient (Wildman–Crippen LogP) is 2.35. The number of aromatic nitrogens is 2. The second-order valence-electron chi connectivity index (χ2n) is 5.03. The molecule has 1 saturated carbocycles. The number of carbonyl (C=O) groups excluding carboxylic acids is 1. The highest BCUT2D eigenvalue weighted by atomic mass is 16.2. The zero-order valence-corrected chi connectivity index (χ0v) is 11.1. The van der Waals surface area contributed by atoms with Crippen molar-refractivity contribution >= 4 is 11.7 Å². The van der Waals surface area contributed by atoms with E-state index in [0.717, 1.165) is 23.4 Å². The van der Waals surface area contributed by atoms with Gasteiger partial charge >= 0.3 is 0 Å². The van der Waals surface area contributed by atoms with Gasteiger partial charge in [-0.25, -0.2) is 9.97 Å². The fourth-order valence-electron chi connectivity index (χ4n) is 2.50. The van der Waals surface area contributed by atoms with Gasteiger partial charge in [-0.05, 0) is 31.1 Å². The highest BCUT2D eigenvalue weighted by Gasteiger charge is 2.38. The Bertz CT molecular complexity index is 778. The first-order chi connectivity index (χ1) is 9.61. The van der Waals surface area contributed by atoms with E-state index in [2.05, 4.69) is 25.5 Å². The fraction of sp³-hybridized carbons (Fsp3) is 0.214. The van der Waals surface area contributed by atoms with E-state index in [1.54, 1.807) is 13.0 Å². The van der Waals surface area contributed by atoms with E-state index in [1.165, 1.54) is 11.1 Å². The predicted molar refractivity (Wildman–Crippen MR) is 71.7 cm³/mol. The van der Waals surface area contributed by atoms with Crippen LogP contribution in [0.4, 0.5) is 5.82 Å². The number of hydrogen-bond acceptors (Lipinski definition) is 5. The number of allylic oxidation sites excluding steroid dienone is 3. The maximum Gasteiger partial charge on any atom is 0.278 e. The molecular weight excluding hydrogens is 254 g/mol. The van der Waals surface area contributed by atoms with Crippen LogP contribution in [0.25, 0.3) is 0 Å². The van der Waals surface area contributed by atoms with Gasteiger partial charge in [0.05, 0.1) is 5.70 Å². The molecule has 6 nitrogen and oxygen atoms in total. The maximum atomic E-state index is 12.3. The third kappa shape index (κ3) is 1.61. The molecule has 1 fully saturated rings. The van der Waals surface area contributed by atoms with E-state index in [-0.39, 0.29) is 5.91 Å². The molecule has 98 valence electrons.